The van der Waals surface area contributed by atoms with Crippen molar-refractivity contribution in [2.75, 3.05) is 7.11 Å². The van der Waals surface area contributed by atoms with Crippen molar-refractivity contribution < 1.29 is 14.3 Å². The SMILES string of the molecule is COc1ccc(Cl)cc1CN1C(=O)N[C@](C)(c2ccc3ccccc3c2)C1=O. The molecule has 3 amide bonds. The topological polar surface area (TPSA) is 58.6 Å². The lowest BCUT2D eigenvalue weighted by molar-refractivity contribution is -0.131. The van der Waals surface area contributed by atoms with Gasteiger partial charge >= 0.3 is 6.03 Å². The molecule has 0 bridgehead atoms. The van der Waals surface area contributed by atoms with Gasteiger partial charge in [-0.3, -0.25) is 9.69 Å². The van der Waals surface area contributed by atoms with E-state index < -0.39 is 11.6 Å². The van der Waals surface area contributed by atoms with Gasteiger partial charge < -0.3 is 10.1 Å². The smallest absolute Gasteiger partial charge is 0.325 e. The van der Waals surface area contributed by atoms with Gasteiger partial charge in [-0.15, -0.1) is 0 Å². The predicted molar refractivity (Wildman–Crippen MR) is 108 cm³/mol. The Morgan fingerprint density at radius 2 is 1.79 bits per heavy atom. The zero-order valence-corrected chi connectivity index (χ0v) is 16.3. The maximum atomic E-state index is 13.2. The van der Waals surface area contributed by atoms with E-state index in [4.69, 9.17) is 16.3 Å². The maximum absolute atomic E-state index is 13.2. The molecule has 3 aromatic carbocycles. The van der Waals surface area contributed by atoms with Gasteiger partial charge in [0.05, 0.1) is 13.7 Å². The summed E-state index contributed by atoms with van der Waals surface area (Å²) < 4.78 is 5.34. The number of rotatable bonds is 4. The van der Waals surface area contributed by atoms with Gasteiger partial charge in [-0.1, -0.05) is 48.0 Å². The van der Waals surface area contributed by atoms with E-state index in [0.29, 0.717) is 16.3 Å². The molecule has 142 valence electrons. The van der Waals surface area contributed by atoms with Crippen molar-refractivity contribution in [3.05, 3.63) is 76.8 Å². The van der Waals surface area contributed by atoms with Crippen molar-refractivity contribution in [1.29, 1.82) is 0 Å². The standard InChI is InChI=1S/C22H19ClN2O3/c1-22(17-8-7-14-5-3-4-6-15(14)11-17)20(26)25(21(27)24-22)13-16-12-18(23)9-10-19(16)28-2/h3-12H,13H2,1-2H3,(H,24,27)/t22-/m1/s1. The molecule has 0 saturated carbocycles. The van der Waals surface area contributed by atoms with E-state index in [0.717, 1.165) is 16.3 Å². The molecule has 1 N–H and O–H groups in total. The third kappa shape index (κ3) is 2.98. The lowest BCUT2D eigenvalue weighted by atomic mass is 9.90. The first-order valence-corrected chi connectivity index (χ1v) is 9.26. The van der Waals surface area contributed by atoms with Crippen molar-refractivity contribution in [2.45, 2.75) is 19.0 Å². The monoisotopic (exact) mass is 394 g/mol. The number of benzene rings is 3. The summed E-state index contributed by atoms with van der Waals surface area (Å²) in [4.78, 5) is 27.1. The van der Waals surface area contributed by atoms with Crippen LogP contribution in [0.1, 0.15) is 18.1 Å². The van der Waals surface area contributed by atoms with E-state index in [1.165, 1.54) is 12.0 Å². The van der Waals surface area contributed by atoms with Crippen LogP contribution < -0.4 is 10.1 Å². The molecule has 1 aliphatic rings. The van der Waals surface area contributed by atoms with Gasteiger partial charge in [-0.2, -0.15) is 0 Å². The summed E-state index contributed by atoms with van der Waals surface area (Å²) in [7, 11) is 1.54. The van der Waals surface area contributed by atoms with Crippen LogP contribution in [0, 0.1) is 0 Å². The van der Waals surface area contributed by atoms with Crippen LogP contribution in [0.25, 0.3) is 10.8 Å². The van der Waals surface area contributed by atoms with Crippen LogP contribution in [0.5, 0.6) is 5.75 Å². The molecule has 0 aromatic heterocycles. The van der Waals surface area contributed by atoms with Crippen molar-refractivity contribution in [2.24, 2.45) is 0 Å². The lowest BCUT2D eigenvalue weighted by Gasteiger charge is -2.23. The van der Waals surface area contributed by atoms with Gasteiger partial charge in [0.1, 0.15) is 11.3 Å². The van der Waals surface area contributed by atoms with Gasteiger partial charge in [-0.05, 0) is 47.5 Å². The van der Waals surface area contributed by atoms with Gasteiger partial charge in [0.25, 0.3) is 5.91 Å². The largest absolute Gasteiger partial charge is 0.496 e. The number of halogens is 1. The molecular weight excluding hydrogens is 376 g/mol. The Bertz CT molecular complexity index is 1100. The molecule has 1 heterocycles. The molecule has 3 aromatic rings. The third-order valence-electron chi connectivity index (χ3n) is 5.17. The summed E-state index contributed by atoms with van der Waals surface area (Å²) in [6.07, 6.45) is 0. The Kier molecular flexibility index (Phi) is 4.47. The molecule has 0 unspecified atom stereocenters. The summed E-state index contributed by atoms with van der Waals surface area (Å²) in [5, 5.41) is 5.45. The number of carbonyl (C=O) groups excluding carboxylic acids is 2. The highest BCUT2D eigenvalue weighted by molar-refractivity contribution is 6.30. The second kappa shape index (κ2) is 6.84. The average Bonchev–Trinajstić information content (AvgIpc) is 2.92. The van der Waals surface area contributed by atoms with E-state index in [1.54, 1.807) is 25.1 Å². The number of nitrogens with one attached hydrogen (secondary N) is 1. The first-order valence-electron chi connectivity index (χ1n) is 8.88. The number of hydrogen-bond donors (Lipinski definition) is 1. The third-order valence-corrected chi connectivity index (χ3v) is 5.41. The van der Waals surface area contributed by atoms with Crippen LogP contribution >= 0.6 is 11.6 Å². The highest BCUT2D eigenvalue weighted by atomic mass is 35.5. The van der Waals surface area contributed by atoms with Gasteiger partial charge in [0, 0.05) is 10.6 Å². The number of urea groups is 1. The highest BCUT2D eigenvalue weighted by Crippen LogP contribution is 2.33. The fourth-order valence-electron chi connectivity index (χ4n) is 3.58. The van der Waals surface area contributed by atoms with Gasteiger partial charge in [0.15, 0.2) is 0 Å². The molecule has 0 radical (unpaired) electrons. The summed E-state index contributed by atoms with van der Waals surface area (Å²) in [5.41, 5.74) is 0.277. The number of fused-ring (bicyclic) bond motifs is 1. The molecule has 1 saturated heterocycles. The summed E-state index contributed by atoms with van der Waals surface area (Å²) >= 11 is 6.08. The molecular formula is C22H19ClN2O3. The molecule has 5 nitrogen and oxygen atoms in total. The number of ether oxygens (including phenoxy) is 1. The Morgan fingerprint density at radius 1 is 1.04 bits per heavy atom. The number of nitrogens with zero attached hydrogens (tertiary/aromatic N) is 1. The van der Waals surface area contributed by atoms with Gasteiger partial charge in [0.2, 0.25) is 0 Å². The van der Waals surface area contributed by atoms with Crippen LogP contribution in [0.4, 0.5) is 4.79 Å². The zero-order valence-electron chi connectivity index (χ0n) is 15.5. The van der Waals surface area contributed by atoms with Crippen molar-refractivity contribution in [1.82, 2.24) is 10.2 Å². The molecule has 28 heavy (non-hydrogen) atoms. The molecule has 6 heteroatoms. The minimum absolute atomic E-state index is 0.0809. The Labute approximate surface area is 167 Å². The predicted octanol–water partition coefficient (Wildman–Crippen LogP) is 4.47. The summed E-state index contributed by atoms with van der Waals surface area (Å²) in [6, 6.07) is 18.4. The fraction of sp³-hybridized carbons (Fsp3) is 0.182. The minimum Gasteiger partial charge on any atom is -0.496 e. The number of hydrogen-bond acceptors (Lipinski definition) is 3. The van der Waals surface area contributed by atoms with Crippen LogP contribution in [0.2, 0.25) is 5.02 Å². The second-order valence-electron chi connectivity index (χ2n) is 6.96. The number of imide groups is 1. The minimum atomic E-state index is -1.13. The first kappa shape index (κ1) is 18.3. The van der Waals surface area contributed by atoms with E-state index >= 15 is 0 Å². The van der Waals surface area contributed by atoms with Crippen molar-refractivity contribution >= 4 is 34.3 Å². The van der Waals surface area contributed by atoms with Gasteiger partial charge in [-0.25, -0.2) is 4.79 Å². The Balaban J connectivity index is 1.69. The maximum Gasteiger partial charge on any atom is 0.325 e. The Hall–Kier alpha value is -3.05. The average molecular weight is 395 g/mol. The first-order chi connectivity index (χ1) is 13.4. The van der Waals surface area contributed by atoms with Crippen LogP contribution in [-0.4, -0.2) is 23.9 Å². The van der Waals surface area contributed by atoms with Crippen LogP contribution in [0.15, 0.2) is 60.7 Å². The molecule has 0 aliphatic carbocycles. The number of carbonyl (C=O) groups is 2. The molecule has 1 atom stereocenters. The molecule has 1 fully saturated rings. The Morgan fingerprint density at radius 3 is 2.54 bits per heavy atom. The quantitative estimate of drug-likeness (QED) is 0.664. The normalized spacial score (nSPS) is 19.2. The number of amides is 3. The zero-order chi connectivity index (χ0) is 19.9. The van der Waals surface area contributed by atoms with Crippen LogP contribution in [-0.2, 0) is 16.9 Å². The van der Waals surface area contributed by atoms with E-state index in [2.05, 4.69) is 5.32 Å². The second-order valence-corrected chi connectivity index (χ2v) is 7.40. The van der Waals surface area contributed by atoms with E-state index in [-0.39, 0.29) is 12.5 Å². The van der Waals surface area contributed by atoms with Crippen molar-refractivity contribution in [3.63, 3.8) is 0 Å². The fourth-order valence-corrected chi connectivity index (χ4v) is 3.77. The molecule has 1 aliphatic heterocycles. The van der Waals surface area contributed by atoms with Crippen molar-refractivity contribution in [3.8, 4) is 5.75 Å². The number of methoxy groups -OCH3 is 1. The summed E-state index contributed by atoms with van der Waals surface area (Å²) in [5.74, 6) is 0.263. The molecule has 4 rings (SSSR count). The van der Waals surface area contributed by atoms with E-state index in [1.807, 2.05) is 42.5 Å². The molecule has 0 spiro atoms. The van der Waals surface area contributed by atoms with Crippen LogP contribution in [0.3, 0.4) is 0 Å². The van der Waals surface area contributed by atoms with E-state index in [9.17, 15) is 9.59 Å². The highest BCUT2D eigenvalue weighted by Gasteiger charge is 2.49. The summed E-state index contributed by atoms with van der Waals surface area (Å²) in [6.45, 7) is 1.81. The lowest BCUT2D eigenvalue weighted by Crippen LogP contribution is -2.40.